The molecule has 0 bridgehead atoms. The minimum Gasteiger partial charge on any atom is -0.497 e. The summed E-state index contributed by atoms with van der Waals surface area (Å²) in [5, 5.41) is 0. The van der Waals surface area contributed by atoms with Gasteiger partial charge in [0.2, 0.25) is 0 Å². The molecule has 1 aromatic carbocycles. The van der Waals surface area contributed by atoms with Crippen LogP contribution in [-0.4, -0.2) is 13.7 Å². The van der Waals surface area contributed by atoms with Gasteiger partial charge in [0, 0.05) is 6.92 Å². The van der Waals surface area contributed by atoms with Crippen molar-refractivity contribution in [3.63, 3.8) is 0 Å². The lowest BCUT2D eigenvalue weighted by atomic mass is 10.2. The van der Waals surface area contributed by atoms with Crippen molar-refractivity contribution in [1.29, 1.82) is 0 Å². The number of methoxy groups -OCH3 is 1. The van der Waals surface area contributed by atoms with Crippen LogP contribution in [0.1, 0.15) is 12.5 Å². The molecule has 1 aromatic rings. The van der Waals surface area contributed by atoms with Crippen molar-refractivity contribution in [2.75, 3.05) is 13.7 Å². The quantitative estimate of drug-likeness (QED) is 0.618. The van der Waals surface area contributed by atoms with Crippen molar-refractivity contribution < 1.29 is 4.74 Å². The van der Waals surface area contributed by atoms with E-state index in [2.05, 4.69) is 10.9 Å². The van der Waals surface area contributed by atoms with Crippen molar-refractivity contribution in [2.45, 2.75) is 6.92 Å². The van der Waals surface area contributed by atoms with Gasteiger partial charge in [-0.15, -0.1) is 0 Å². The van der Waals surface area contributed by atoms with E-state index in [1.165, 1.54) is 0 Å². The van der Waals surface area contributed by atoms with Crippen molar-refractivity contribution in [3.8, 4) is 11.8 Å². The first-order chi connectivity index (χ1) is 5.86. The molecule has 0 heterocycles. The summed E-state index contributed by atoms with van der Waals surface area (Å²) >= 11 is 0. The van der Waals surface area contributed by atoms with E-state index in [1.54, 1.807) is 7.11 Å². The predicted molar refractivity (Wildman–Crippen MR) is 49.9 cm³/mol. The minimum atomic E-state index is 0.770. The third-order valence-electron chi connectivity index (χ3n) is 1.46. The van der Waals surface area contributed by atoms with Crippen LogP contribution in [-0.2, 0) is 0 Å². The summed E-state index contributed by atoms with van der Waals surface area (Å²) < 4.78 is 5.02. The highest BCUT2D eigenvalue weighted by atomic mass is 16.5. The fourth-order valence-electron chi connectivity index (χ4n) is 0.836. The number of rotatable bonds is 1. The summed E-state index contributed by atoms with van der Waals surface area (Å²) in [6.07, 6.45) is 0. The SMILES string of the molecule is CC[N+]#Cc1ccc(OC)cc1. The fraction of sp³-hybridized carbons (Fsp3) is 0.300. The number of hydrogen-bond donors (Lipinski definition) is 0. The summed E-state index contributed by atoms with van der Waals surface area (Å²) in [4.78, 5) is 4.01. The highest BCUT2D eigenvalue weighted by Crippen LogP contribution is 2.10. The molecule has 2 heteroatoms. The van der Waals surface area contributed by atoms with Gasteiger partial charge < -0.3 is 4.74 Å². The second kappa shape index (κ2) is 4.40. The molecule has 12 heavy (non-hydrogen) atoms. The number of benzene rings is 1. The van der Waals surface area contributed by atoms with Crippen LogP contribution in [0.2, 0.25) is 0 Å². The van der Waals surface area contributed by atoms with Gasteiger partial charge in [-0.2, -0.15) is 0 Å². The van der Waals surface area contributed by atoms with E-state index in [-0.39, 0.29) is 0 Å². The van der Waals surface area contributed by atoms with E-state index >= 15 is 0 Å². The molecule has 0 fully saturated rings. The number of nitrogens with zero attached hydrogens (tertiary/aromatic N) is 1. The molecule has 0 unspecified atom stereocenters. The average Bonchev–Trinajstić information content (AvgIpc) is 2.15. The topological polar surface area (TPSA) is 13.6 Å². The van der Waals surface area contributed by atoms with Crippen LogP contribution in [0.5, 0.6) is 5.75 Å². The molecule has 0 atom stereocenters. The Kier molecular flexibility index (Phi) is 3.16. The highest BCUT2D eigenvalue weighted by Gasteiger charge is 1.94. The molecule has 0 saturated heterocycles. The van der Waals surface area contributed by atoms with Gasteiger partial charge in [0.25, 0.3) is 6.54 Å². The summed E-state index contributed by atoms with van der Waals surface area (Å²) in [6.45, 7) is 2.75. The van der Waals surface area contributed by atoms with Gasteiger partial charge in [0.15, 0.2) is 0 Å². The molecule has 0 amide bonds. The minimum absolute atomic E-state index is 0.770. The van der Waals surface area contributed by atoms with Crippen LogP contribution in [0.25, 0.3) is 4.85 Å². The summed E-state index contributed by atoms with van der Waals surface area (Å²) in [5.74, 6) is 0.858. The second-order valence-corrected chi connectivity index (χ2v) is 2.31. The maximum atomic E-state index is 5.02. The molecule has 62 valence electrons. The molecule has 0 aliphatic rings. The maximum absolute atomic E-state index is 5.02. The lowest BCUT2D eigenvalue weighted by Gasteiger charge is -1.95. The molecule has 0 saturated carbocycles. The van der Waals surface area contributed by atoms with Gasteiger partial charge in [-0.1, -0.05) is 4.85 Å². The molecular formula is C10H12NO+. The van der Waals surface area contributed by atoms with E-state index in [0.29, 0.717) is 0 Å². The van der Waals surface area contributed by atoms with Crippen molar-refractivity contribution in [3.05, 3.63) is 34.7 Å². The summed E-state index contributed by atoms with van der Waals surface area (Å²) in [7, 11) is 1.65. The predicted octanol–water partition coefficient (Wildman–Crippen LogP) is 2.40. The van der Waals surface area contributed by atoms with Gasteiger partial charge in [0.05, 0.1) is 7.11 Å². The molecule has 0 aliphatic carbocycles. The van der Waals surface area contributed by atoms with Crippen molar-refractivity contribution >= 4 is 0 Å². The second-order valence-electron chi connectivity index (χ2n) is 2.31. The van der Waals surface area contributed by atoms with Crippen LogP contribution in [0.15, 0.2) is 24.3 Å². The fourth-order valence-corrected chi connectivity index (χ4v) is 0.836. The Morgan fingerprint density at radius 1 is 1.33 bits per heavy atom. The average molecular weight is 162 g/mol. The molecular weight excluding hydrogens is 150 g/mol. The van der Waals surface area contributed by atoms with Crippen LogP contribution in [0.3, 0.4) is 0 Å². The monoisotopic (exact) mass is 162 g/mol. The van der Waals surface area contributed by atoms with Gasteiger partial charge >= 0.3 is 6.07 Å². The Morgan fingerprint density at radius 3 is 2.50 bits per heavy atom. The Balaban J connectivity index is 2.78. The molecule has 0 aromatic heterocycles. The molecule has 0 aliphatic heterocycles. The van der Waals surface area contributed by atoms with Crippen molar-refractivity contribution in [2.24, 2.45) is 0 Å². The van der Waals surface area contributed by atoms with Crippen LogP contribution in [0.4, 0.5) is 0 Å². The number of ether oxygens (including phenoxy) is 1. The zero-order valence-electron chi connectivity index (χ0n) is 7.37. The molecule has 0 radical (unpaired) electrons. The molecule has 1 rings (SSSR count). The van der Waals surface area contributed by atoms with E-state index in [9.17, 15) is 0 Å². The van der Waals surface area contributed by atoms with Crippen LogP contribution in [0, 0.1) is 6.07 Å². The first-order valence-corrected chi connectivity index (χ1v) is 3.93. The van der Waals surface area contributed by atoms with Gasteiger partial charge in [-0.05, 0) is 24.3 Å². The Labute approximate surface area is 72.6 Å². The number of hydrogen-bond acceptors (Lipinski definition) is 1. The Morgan fingerprint density at radius 2 is 2.00 bits per heavy atom. The van der Waals surface area contributed by atoms with Crippen molar-refractivity contribution in [1.82, 2.24) is 0 Å². The van der Waals surface area contributed by atoms with E-state index < -0.39 is 0 Å². The Hall–Kier alpha value is -1.49. The normalized spacial score (nSPS) is 8.50. The largest absolute Gasteiger partial charge is 0.497 e. The maximum Gasteiger partial charge on any atom is 0.311 e. The lowest BCUT2D eigenvalue weighted by molar-refractivity contribution is 0.415. The van der Waals surface area contributed by atoms with Gasteiger partial charge in [-0.25, -0.2) is 0 Å². The molecule has 0 N–H and O–H groups in total. The highest BCUT2D eigenvalue weighted by molar-refractivity contribution is 5.36. The summed E-state index contributed by atoms with van der Waals surface area (Å²) in [6, 6.07) is 10.6. The lowest BCUT2D eigenvalue weighted by Crippen LogP contribution is -1.81. The standard InChI is InChI=1S/C10H12NO/c1-3-11-8-9-4-6-10(12-2)7-5-9/h4-7H,3H2,1-2H3/q+1. The van der Waals surface area contributed by atoms with E-state index in [1.807, 2.05) is 31.2 Å². The van der Waals surface area contributed by atoms with E-state index in [0.717, 1.165) is 17.9 Å². The van der Waals surface area contributed by atoms with Crippen LogP contribution < -0.4 is 4.74 Å². The zero-order chi connectivity index (χ0) is 8.81. The van der Waals surface area contributed by atoms with E-state index in [4.69, 9.17) is 4.74 Å². The third kappa shape index (κ3) is 2.28. The summed E-state index contributed by atoms with van der Waals surface area (Å²) in [5.41, 5.74) is 0.984. The molecule has 0 spiro atoms. The van der Waals surface area contributed by atoms with Gasteiger partial charge in [0.1, 0.15) is 11.3 Å². The molecule has 2 nitrogen and oxygen atoms in total. The first-order valence-electron chi connectivity index (χ1n) is 3.93. The zero-order valence-corrected chi connectivity index (χ0v) is 7.37. The van der Waals surface area contributed by atoms with Crippen LogP contribution >= 0.6 is 0 Å². The first kappa shape index (κ1) is 8.61. The van der Waals surface area contributed by atoms with Gasteiger partial charge in [-0.3, -0.25) is 0 Å². The smallest absolute Gasteiger partial charge is 0.311 e. The Bertz CT molecular complexity index is 292. The third-order valence-corrected chi connectivity index (χ3v) is 1.46.